The van der Waals surface area contributed by atoms with Crippen molar-refractivity contribution >= 4 is 18.2 Å². The summed E-state index contributed by atoms with van der Waals surface area (Å²) in [4.78, 5) is 20.9. The largest absolute Gasteiger partial charge is 0.462 e. The predicted octanol–water partition coefficient (Wildman–Crippen LogP) is 0.0713. The van der Waals surface area contributed by atoms with Crippen molar-refractivity contribution in [3.8, 4) is 0 Å². The fraction of sp³-hybridized carbons (Fsp3) is 0.700. The van der Waals surface area contributed by atoms with Crippen LogP contribution in [0.15, 0.2) is 0 Å². The monoisotopic (exact) mass is 228 g/mol. The summed E-state index contributed by atoms with van der Waals surface area (Å²) in [6, 6.07) is 0. The van der Waals surface area contributed by atoms with Gasteiger partial charge in [-0.3, -0.25) is 15.0 Å². The maximum absolute atomic E-state index is 10.7. The Morgan fingerprint density at radius 1 is 1.56 bits per heavy atom. The second-order valence-electron chi connectivity index (χ2n) is 3.42. The van der Waals surface area contributed by atoms with Crippen LogP contribution in [0.3, 0.4) is 0 Å². The van der Waals surface area contributed by atoms with Crippen LogP contribution in [0.2, 0.25) is 0 Å². The van der Waals surface area contributed by atoms with Crippen molar-refractivity contribution in [3.05, 3.63) is 0 Å². The first kappa shape index (κ1) is 14.4. The Kier molecular flexibility index (Phi) is 7.83. The van der Waals surface area contributed by atoms with E-state index in [0.29, 0.717) is 13.0 Å². The lowest BCUT2D eigenvalue weighted by Crippen LogP contribution is -2.31. The highest BCUT2D eigenvalue weighted by Crippen LogP contribution is 2.07. The lowest BCUT2D eigenvalue weighted by Gasteiger charge is -2.13. The third-order valence-corrected chi connectivity index (χ3v) is 1.91. The molecule has 0 fully saturated rings. The Morgan fingerprint density at radius 3 is 2.75 bits per heavy atom. The number of esters is 1. The quantitative estimate of drug-likeness (QED) is 0.236. The van der Waals surface area contributed by atoms with Crippen molar-refractivity contribution < 1.29 is 14.3 Å². The SMILES string of the molecule is CC(=O)OC(C[C]=O)CCCCNC(=N)N. The van der Waals surface area contributed by atoms with E-state index >= 15 is 0 Å². The van der Waals surface area contributed by atoms with E-state index in [1.807, 2.05) is 0 Å². The molecule has 0 aliphatic heterocycles. The Labute approximate surface area is 95.0 Å². The fourth-order valence-corrected chi connectivity index (χ4v) is 1.25. The molecule has 1 atom stereocenters. The first-order chi connectivity index (χ1) is 7.56. The summed E-state index contributed by atoms with van der Waals surface area (Å²) < 4.78 is 4.93. The van der Waals surface area contributed by atoms with Crippen molar-refractivity contribution in [2.45, 2.75) is 38.7 Å². The summed E-state index contributed by atoms with van der Waals surface area (Å²) in [5.74, 6) is -0.445. The molecule has 0 heterocycles. The second-order valence-corrected chi connectivity index (χ2v) is 3.42. The maximum atomic E-state index is 10.7. The molecule has 6 heteroatoms. The lowest BCUT2D eigenvalue weighted by molar-refractivity contribution is -0.146. The fourth-order valence-electron chi connectivity index (χ4n) is 1.25. The highest BCUT2D eigenvalue weighted by molar-refractivity contribution is 5.74. The number of guanidine groups is 1. The average molecular weight is 228 g/mol. The predicted molar refractivity (Wildman–Crippen MR) is 59.6 cm³/mol. The molecule has 4 N–H and O–H groups in total. The molecule has 0 aromatic carbocycles. The van der Waals surface area contributed by atoms with E-state index in [2.05, 4.69) is 5.32 Å². The molecule has 0 aromatic rings. The minimum Gasteiger partial charge on any atom is -0.462 e. The summed E-state index contributed by atoms with van der Waals surface area (Å²) in [5, 5.41) is 9.59. The first-order valence-electron chi connectivity index (χ1n) is 5.16. The normalized spacial score (nSPS) is 11.6. The summed E-state index contributed by atoms with van der Waals surface area (Å²) in [7, 11) is 0. The summed E-state index contributed by atoms with van der Waals surface area (Å²) in [6.45, 7) is 1.92. The molecule has 0 aromatic heterocycles. The Morgan fingerprint density at radius 2 is 2.25 bits per heavy atom. The number of nitrogens with two attached hydrogens (primary N) is 1. The third-order valence-electron chi connectivity index (χ3n) is 1.91. The molecule has 16 heavy (non-hydrogen) atoms. The zero-order chi connectivity index (χ0) is 12.4. The van der Waals surface area contributed by atoms with Gasteiger partial charge in [0.15, 0.2) is 5.96 Å². The van der Waals surface area contributed by atoms with Crippen LogP contribution in [0.4, 0.5) is 0 Å². The van der Waals surface area contributed by atoms with Crippen molar-refractivity contribution in [1.82, 2.24) is 5.32 Å². The molecule has 91 valence electrons. The highest BCUT2D eigenvalue weighted by Gasteiger charge is 2.11. The van der Waals surface area contributed by atoms with Crippen LogP contribution in [0.5, 0.6) is 0 Å². The molecular formula is C10H18N3O3. The van der Waals surface area contributed by atoms with E-state index < -0.39 is 0 Å². The van der Waals surface area contributed by atoms with Gasteiger partial charge in [-0.25, -0.2) is 0 Å². The summed E-state index contributed by atoms with van der Waals surface area (Å²) in [5.41, 5.74) is 5.10. The minimum absolute atomic E-state index is 0.0576. The van der Waals surface area contributed by atoms with E-state index in [-0.39, 0.29) is 24.5 Å². The lowest BCUT2D eigenvalue weighted by atomic mass is 10.1. The Bertz CT molecular complexity index is 243. The second kappa shape index (κ2) is 8.70. The molecule has 6 nitrogen and oxygen atoms in total. The van der Waals surface area contributed by atoms with Crippen molar-refractivity contribution in [2.24, 2.45) is 5.73 Å². The van der Waals surface area contributed by atoms with Gasteiger partial charge in [-0.05, 0) is 19.3 Å². The topological polar surface area (TPSA) is 105 Å². The molecule has 0 amide bonds. The van der Waals surface area contributed by atoms with E-state index in [0.717, 1.165) is 12.8 Å². The molecule has 1 unspecified atom stereocenters. The highest BCUT2D eigenvalue weighted by atomic mass is 16.5. The van der Waals surface area contributed by atoms with Crippen LogP contribution < -0.4 is 11.1 Å². The number of carbonyl (C=O) groups is 1. The molecule has 1 radical (unpaired) electrons. The molecule has 0 saturated carbocycles. The zero-order valence-corrected chi connectivity index (χ0v) is 9.41. The number of rotatable bonds is 8. The smallest absolute Gasteiger partial charge is 0.302 e. The van der Waals surface area contributed by atoms with Crippen molar-refractivity contribution in [3.63, 3.8) is 0 Å². The van der Waals surface area contributed by atoms with Gasteiger partial charge in [0.1, 0.15) is 6.10 Å². The van der Waals surface area contributed by atoms with Gasteiger partial charge in [0.2, 0.25) is 6.29 Å². The van der Waals surface area contributed by atoms with E-state index in [4.69, 9.17) is 15.9 Å². The molecule has 0 rings (SSSR count). The zero-order valence-electron chi connectivity index (χ0n) is 9.41. The Balaban J connectivity index is 3.63. The van der Waals surface area contributed by atoms with Gasteiger partial charge >= 0.3 is 5.97 Å². The van der Waals surface area contributed by atoms with Crippen molar-refractivity contribution in [2.75, 3.05) is 6.54 Å². The summed E-state index contributed by atoms with van der Waals surface area (Å²) in [6.07, 6.45) is 3.68. The van der Waals surface area contributed by atoms with E-state index in [1.165, 1.54) is 6.92 Å². The van der Waals surface area contributed by atoms with E-state index in [9.17, 15) is 9.59 Å². The van der Waals surface area contributed by atoms with E-state index in [1.54, 1.807) is 6.29 Å². The minimum atomic E-state index is -0.387. The van der Waals surface area contributed by atoms with Crippen LogP contribution in [0.1, 0.15) is 32.6 Å². The standard InChI is InChI=1S/C10H18N3O3/c1-8(15)16-9(5-7-14)4-2-3-6-13-10(11)12/h9H,2-6H2,1H3,(H4,11,12,13). The summed E-state index contributed by atoms with van der Waals surface area (Å²) >= 11 is 0. The van der Waals surface area contributed by atoms with Gasteiger partial charge in [-0.15, -0.1) is 0 Å². The van der Waals surface area contributed by atoms with Crippen LogP contribution in [0, 0.1) is 5.41 Å². The van der Waals surface area contributed by atoms with Crippen LogP contribution in [-0.4, -0.2) is 30.9 Å². The molecule has 0 bridgehead atoms. The molecular weight excluding hydrogens is 210 g/mol. The van der Waals surface area contributed by atoms with Crippen LogP contribution >= 0.6 is 0 Å². The number of unbranched alkanes of at least 4 members (excludes halogenated alkanes) is 1. The van der Waals surface area contributed by atoms with Gasteiger partial charge in [-0.1, -0.05) is 0 Å². The van der Waals surface area contributed by atoms with Gasteiger partial charge < -0.3 is 15.8 Å². The van der Waals surface area contributed by atoms with Crippen LogP contribution in [0.25, 0.3) is 0 Å². The molecule has 0 saturated heterocycles. The van der Waals surface area contributed by atoms with Crippen molar-refractivity contribution in [1.29, 1.82) is 5.41 Å². The van der Waals surface area contributed by atoms with Crippen LogP contribution in [-0.2, 0) is 14.3 Å². The number of hydrogen-bond acceptors (Lipinski definition) is 4. The maximum Gasteiger partial charge on any atom is 0.302 e. The number of carbonyl (C=O) groups excluding carboxylic acids is 2. The third kappa shape index (κ3) is 8.98. The van der Waals surface area contributed by atoms with Gasteiger partial charge in [0, 0.05) is 13.5 Å². The van der Waals surface area contributed by atoms with Gasteiger partial charge in [0.05, 0.1) is 6.42 Å². The number of ether oxygens (including phenoxy) is 1. The number of hydrogen-bond donors (Lipinski definition) is 3. The Hall–Kier alpha value is -1.59. The number of nitrogens with one attached hydrogen (secondary N) is 2. The molecule has 0 aliphatic carbocycles. The molecule has 0 aliphatic rings. The average Bonchev–Trinajstić information content (AvgIpc) is 2.16. The first-order valence-corrected chi connectivity index (χ1v) is 5.16. The van der Waals surface area contributed by atoms with Gasteiger partial charge in [0.25, 0.3) is 0 Å². The molecule has 0 spiro atoms. The van der Waals surface area contributed by atoms with Gasteiger partial charge in [-0.2, -0.15) is 0 Å².